The molecular formula is C20H33N3O. The van der Waals surface area contributed by atoms with Crippen LogP contribution in [0.2, 0.25) is 0 Å². The lowest BCUT2D eigenvalue weighted by atomic mass is 9.92. The summed E-state index contributed by atoms with van der Waals surface area (Å²) in [4.78, 5) is 4.85. The van der Waals surface area contributed by atoms with Crippen LogP contribution < -0.4 is 5.32 Å². The van der Waals surface area contributed by atoms with Crippen molar-refractivity contribution in [3.63, 3.8) is 0 Å². The standard InChI is InChI=1S/C20H33N3O/c1-22(16-20(24)17-8-10-21-11-9-17)14-18-6-2-3-7-19(18)15-23-12-4-5-13-23/h2-3,6-7,17,20-21,24H,4-5,8-16H2,1H3. The SMILES string of the molecule is CN(Cc1ccccc1CN1CCCC1)CC(O)C1CCNCC1. The van der Waals surface area contributed by atoms with Crippen LogP contribution in [0.15, 0.2) is 24.3 Å². The second-order valence-corrected chi connectivity index (χ2v) is 7.60. The van der Waals surface area contributed by atoms with Gasteiger partial charge < -0.3 is 10.4 Å². The molecule has 134 valence electrons. The molecule has 1 unspecified atom stereocenters. The Morgan fingerprint density at radius 1 is 1.17 bits per heavy atom. The molecule has 0 amide bonds. The van der Waals surface area contributed by atoms with E-state index in [0.717, 1.165) is 45.6 Å². The van der Waals surface area contributed by atoms with Crippen LogP contribution >= 0.6 is 0 Å². The fraction of sp³-hybridized carbons (Fsp3) is 0.700. The topological polar surface area (TPSA) is 38.7 Å². The maximum absolute atomic E-state index is 10.5. The van der Waals surface area contributed by atoms with E-state index in [0.29, 0.717) is 5.92 Å². The van der Waals surface area contributed by atoms with Crippen molar-refractivity contribution in [2.45, 2.75) is 44.9 Å². The Bertz CT molecular complexity index is 495. The summed E-state index contributed by atoms with van der Waals surface area (Å²) in [6.45, 7) is 7.32. The van der Waals surface area contributed by atoms with Crippen LogP contribution in [0.4, 0.5) is 0 Å². The highest BCUT2D eigenvalue weighted by Crippen LogP contribution is 2.20. The number of nitrogens with zero attached hydrogens (tertiary/aromatic N) is 2. The van der Waals surface area contributed by atoms with Gasteiger partial charge in [-0.2, -0.15) is 0 Å². The number of likely N-dealkylation sites (N-methyl/N-ethyl adjacent to an activating group) is 1. The molecule has 0 saturated carbocycles. The van der Waals surface area contributed by atoms with Gasteiger partial charge in [-0.05, 0) is 76.0 Å². The van der Waals surface area contributed by atoms with Gasteiger partial charge in [-0.25, -0.2) is 0 Å². The summed E-state index contributed by atoms with van der Waals surface area (Å²) in [5.74, 6) is 0.452. The van der Waals surface area contributed by atoms with Crippen molar-refractivity contribution in [2.24, 2.45) is 5.92 Å². The van der Waals surface area contributed by atoms with E-state index >= 15 is 0 Å². The third-order valence-electron chi connectivity index (χ3n) is 5.58. The number of piperidine rings is 1. The van der Waals surface area contributed by atoms with E-state index < -0.39 is 0 Å². The van der Waals surface area contributed by atoms with Crippen LogP contribution in [0, 0.1) is 5.92 Å². The first-order chi connectivity index (χ1) is 11.7. The summed E-state index contributed by atoms with van der Waals surface area (Å²) >= 11 is 0. The second-order valence-electron chi connectivity index (χ2n) is 7.60. The lowest BCUT2D eigenvalue weighted by molar-refractivity contribution is 0.0561. The predicted molar refractivity (Wildman–Crippen MR) is 98.9 cm³/mol. The molecule has 0 bridgehead atoms. The average molecular weight is 332 g/mol. The predicted octanol–water partition coefficient (Wildman–Crippen LogP) is 2.07. The molecule has 4 heteroatoms. The number of nitrogens with one attached hydrogen (secondary N) is 1. The molecule has 24 heavy (non-hydrogen) atoms. The molecule has 0 spiro atoms. The van der Waals surface area contributed by atoms with Gasteiger partial charge in [-0.1, -0.05) is 24.3 Å². The van der Waals surface area contributed by atoms with E-state index in [1.54, 1.807) is 0 Å². The van der Waals surface area contributed by atoms with Crippen molar-refractivity contribution in [2.75, 3.05) is 39.8 Å². The van der Waals surface area contributed by atoms with Crippen molar-refractivity contribution < 1.29 is 5.11 Å². The second kappa shape index (κ2) is 8.95. The number of aliphatic hydroxyl groups excluding tert-OH is 1. The third-order valence-corrected chi connectivity index (χ3v) is 5.58. The van der Waals surface area contributed by atoms with Crippen molar-refractivity contribution in [1.29, 1.82) is 0 Å². The molecule has 1 aromatic rings. The molecule has 2 saturated heterocycles. The highest BCUT2D eigenvalue weighted by atomic mass is 16.3. The first-order valence-electron chi connectivity index (χ1n) is 9.59. The number of likely N-dealkylation sites (tertiary alicyclic amines) is 1. The molecule has 2 fully saturated rings. The summed E-state index contributed by atoms with van der Waals surface area (Å²) < 4.78 is 0. The smallest absolute Gasteiger partial charge is 0.0696 e. The minimum atomic E-state index is -0.206. The minimum Gasteiger partial charge on any atom is -0.392 e. The van der Waals surface area contributed by atoms with E-state index in [9.17, 15) is 5.11 Å². The molecule has 2 heterocycles. The fourth-order valence-corrected chi connectivity index (χ4v) is 4.10. The molecule has 4 nitrogen and oxygen atoms in total. The quantitative estimate of drug-likeness (QED) is 0.802. The number of rotatable bonds is 7. The summed E-state index contributed by atoms with van der Waals surface area (Å²) in [7, 11) is 2.14. The highest BCUT2D eigenvalue weighted by Gasteiger charge is 2.23. The zero-order valence-corrected chi connectivity index (χ0v) is 15.1. The first-order valence-corrected chi connectivity index (χ1v) is 9.59. The Hall–Kier alpha value is -0.940. The Morgan fingerprint density at radius 3 is 2.54 bits per heavy atom. The van der Waals surface area contributed by atoms with Crippen LogP contribution in [-0.2, 0) is 13.1 Å². The number of aliphatic hydroxyl groups is 1. The number of hydrogen-bond donors (Lipinski definition) is 2. The zero-order valence-electron chi connectivity index (χ0n) is 15.1. The van der Waals surface area contributed by atoms with Gasteiger partial charge >= 0.3 is 0 Å². The van der Waals surface area contributed by atoms with E-state index in [2.05, 4.69) is 46.4 Å². The molecule has 0 radical (unpaired) electrons. The molecule has 2 N–H and O–H groups in total. The molecule has 1 atom stereocenters. The minimum absolute atomic E-state index is 0.206. The van der Waals surface area contributed by atoms with Crippen molar-refractivity contribution >= 4 is 0 Å². The van der Waals surface area contributed by atoms with Gasteiger partial charge in [0.05, 0.1) is 6.10 Å². The van der Waals surface area contributed by atoms with E-state index in [4.69, 9.17) is 0 Å². The first kappa shape index (κ1) is 17.9. The van der Waals surface area contributed by atoms with Crippen LogP contribution in [0.3, 0.4) is 0 Å². The van der Waals surface area contributed by atoms with Crippen molar-refractivity contribution in [1.82, 2.24) is 15.1 Å². The van der Waals surface area contributed by atoms with Gasteiger partial charge in [0.1, 0.15) is 0 Å². The molecule has 0 aliphatic carbocycles. The summed E-state index contributed by atoms with van der Waals surface area (Å²) in [6.07, 6.45) is 4.67. The van der Waals surface area contributed by atoms with Gasteiger partial charge in [0.25, 0.3) is 0 Å². The fourth-order valence-electron chi connectivity index (χ4n) is 4.10. The van der Waals surface area contributed by atoms with Crippen LogP contribution in [0.1, 0.15) is 36.8 Å². The lowest BCUT2D eigenvalue weighted by Gasteiger charge is -2.30. The third kappa shape index (κ3) is 5.03. The largest absolute Gasteiger partial charge is 0.392 e. The van der Waals surface area contributed by atoms with Crippen molar-refractivity contribution in [3.8, 4) is 0 Å². The van der Waals surface area contributed by atoms with Crippen LogP contribution in [0.5, 0.6) is 0 Å². The maximum Gasteiger partial charge on any atom is 0.0696 e. The van der Waals surface area contributed by atoms with Gasteiger partial charge in [-0.15, -0.1) is 0 Å². The number of hydrogen-bond acceptors (Lipinski definition) is 4. The highest BCUT2D eigenvalue weighted by molar-refractivity contribution is 5.27. The van der Waals surface area contributed by atoms with E-state index in [-0.39, 0.29) is 6.10 Å². The lowest BCUT2D eigenvalue weighted by Crippen LogP contribution is -2.39. The van der Waals surface area contributed by atoms with Crippen LogP contribution in [0.25, 0.3) is 0 Å². The van der Waals surface area contributed by atoms with Gasteiger partial charge in [0.2, 0.25) is 0 Å². The van der Waals surface area contributed by atoms with Gasteiger partial charge in [-0.3, -0.25) is 9.80 Å². The Balaban J connectivity index is 1.54. The normalized spacial score (nSPS) is 21.5. The van der Waals surface area contributed by atoms with E-state index in [1.165, 1.54) is 37.1 Å². The maximum atomic E-state index is 10.5. The Kier molecular flexibility index (Phi) is 6.67. The van der Waals surface area contributed by atoms with Crippen LogP contribution in [-0.4, -0.2) is 60.8 Å². The Morgan fingerprint density at radius 2 is 1.83 bits per heavy atom. The summed E-state index contributed by atoms with van der Waals surface area (Å²) in [5, 5.41) is 13.9. The average Bonchev–Trinajstić information content (AvgIpc) is 3.10. The molecular weight excluding hydrogens is 298 g/mol. The summed E-state index contributed by atoms with van der Waals surface area (Å²) in [6, 6.07) is 8.81. The zero-order chi connectivity index (χ0) is 16.8. The van der Waals surface area contributed by atoms with Gasteiger partial charge in [0.15, 0.2) is 0 Å². The van der Waals surface area contributed by atoms with Crippen molar-refractivity contribution in [3.05, 3.63) is 35.4 Å². The Labute approximate surface area is 146 Å². The van der Waals surface area contributed by atoms with E-state index in [1.807, 2.05) is 0 Å². The number of benzene rings is 1. The summed E-state index contributed by atoms with van der Waals surface area (Å²) in [5.41, 5.74) is 2.85. The molecule has 2 aliphatic rings. The molecule has 1 aromatic carbocycles. The molecule has 3 rings (SSSR count). The molecule has 2 aliphatic heterocycles. The molecule has 0 aromatic heterocycles. The van der Waals surface area contributed by atoms with Gasteiger partial charge in [0, 0.05) is 19.6 Å². The monoisotopic (exact) mass is 331 g/mol.